The first-order valence-corrected chi connectivity index (χ1v) is 9.64. The second-order valence-electron chi connectivity index (χ2n) is 6.79. The molecule has 0 saturated carbocycles. The van der Waals surface area contributed by atoms with Crippen molar-refractivity contribution in [2.75, 3.05) is 40.6 Å². The molecule has 7 heteroatoms. The molecular formula is C23H23N3O4. The molecule has 0 bridgehead atoms. The zero-order valence-corrected chi connectivity index (χ0v) is 17.1. The lowest BCUT2D eigenvalue weighted by molar-refractivity contribution is 0.132. The summed E-state index contributed by atoms with van der Waals surface area (Å²) in [6, 6.07) is 9.67. The molecule has 0 unspecified atom stereocenters. The fourth-order valence-corrected chi connectivity index (χ4v) is 3.30. The van der Waals surface area contributed by atoms with Crippen molar-refractivity contribution in [3.8, 4) is 23.8 Å². The van der Waals surface area contributed by atoms with E-state index in [4.69, 9.17) is 30.4 Å². The van der Waals surface area contributed by atoms with Gasteiger partial charge in [0.1, 0.15) is 19.0 Å². The molecular weight excluding hydrogens is 382 g/mol. The van der Waals surface area contributed by atoms with Gasteiger partial charge in [0.05, 0.1) is 37.5 Å². The molecule has 0 aromatic heterocycles. The Morgan fingerprint density at radius 1 is 0.967 bits per heavy atom. The smallest absolute Gasteiger partial charge is 0.163 e. The monoisotopic (exact) mass is 405 g/mol. The molecule has 0 radical (unpaired) electrons. The van der Waals surface area contributed by atoms with Gasteiger partial charge in [0.25, 0.3) is 0 Å². The first-order chi connectivity index (χ1) is 14.7. The number of benzene rings is 2. The van der Waals surface area contributed by atoms with Gasteiger partial charge < -0.3 is 23.8 Å². The van der Waals surface area contributed by atoms with Gasteiger partial charge >= 0.3 is 0 Å². The number of methoxy groups -OCH3 is 2. The van der Waals surface area contributed by atoms with Crippen LogP contribution in [0.15, 0.2) is 40.3 Å². The van der Waals surface area contributed by atoms with Crippen LogP contribution < -0.4 is 9.47 Å². The fourth-order valence-electron chi connectivity index (χ4n) is 3.30. The van der Waals surface area contributed by atoms with Crippen LogP contribution in [0.2, 0.25) is 0 Å². The van der Waals surface area contributed by atoms with Crippen molar-refractivity contribution in [3.63, 3.8) is 0 Å². The molecule has 7 nitrogen and oxygen atoms in total. The highest BCUT2D eigenvalue weighted by Gasteiger charge is 2.27. The second kappa shape index (κ2) is 8.99. The third-order valence-electron chi connectivity index (χ3n) is 4.82. The van der Waals surface area contributed by atoms with Gasteiger partial charge in [-0.25, -0.2) is 9.98 Å². The van der Waals surface area contributed by atoms with E-state index in [9.17, 15) is 0 Å². The molecule has 0 fully saturated rings. The van der Waals surface area contributed by atoms with E-state index >= 15 is 0 Å². The van der Waals surface area contributed by atoms with E-state index in [1.165, 1.54) is 0 Å². The SMILES string of the molecule is C#Cc1ccc2c(c1)N=C1c3cc(OCCOC)c(OCCOC)cc3N=CN1C2. The van der Waals surface area contributed by atoms with E-state index < -0.39 is 0 Å². The average molecular weight is 405 g/mol. The van der Waals surface area contributed by atoms with Crippen LogP contribution in [0.1, 0.15) is 16.7 Å². The minimum Gasteiger partial charge on any atom is -0.487 e. The van der Waals surface area contributed by atoms with Crippen molar-refractivity contribution in [1.82, 2.24) is 4.90 Å². The molecule has 2 aliphatic heterocycles. The Bertz CT molecular complexity index is 1040. The molecule has 2 aromatic carbocycles. The van der Waals surface area contributed by atoms with Gasteiger partial charge in [-0.1, -0.05) is 12.0 Å². The molecule has 154 valence electrons. The van der Waals surface area contributed by atoms with E-state index in [2.05, 4.69) is 10.9 Å². The summed E-state index contributed by atoms with van der Waals surface area (Å²) in [6.07, 6.45) is 7.35. The highest BCUT2D eigenvalue weighted by atomic mass is 16.5. The molecule has 0 amide bonds. The molecule has 0 spiro atoms. The van der Waals surface area contributed by atoms with E-state index in [0.717, 1.165) is 33.9 Å². The van der Waals surface area contributed by atoms with Gasteiger partial charge in [0, 0.05) is 31.4 Å². The van der Waals surface area contributed by atoms with Gasteiger partial charge in [-0.15, -0.1) is 6.42 Å². The maximum absolute atomic E-state index is 5.92. The van der Waals surface area contributed by atoms with E-state index in [0.29, 0.717) is 44.5 Å². The number of ether oxygens (including phenoxy) is 4. The van der Waals surface area contributed by atoms with Crippen molar-refractivity contribution in [2.45, 2.75) is 6.54 Å². The number of rotatable bonds is 8. The largest absolute Gasteiger partial charge is 0.487 e. The van der Waals surface area contributed by atoms with Gasteiger partial charge in [-0.3, -0.25) is 0 Å². The van der Waals surface area contributed by atoms with Gasteiger partial charge in [-0.2, -0.15) is 0 Å². The second-order valence-corrected chi connectivity index (χ2v) is 6.79. The quantitative estimate of drug-likeness (QED) is 0.498. The normalized spacial score (nSPS) is 13.6. The maximum Gasteiger partial charge on any atom is 0.163 e. The summed E-state index contributed by atoms with van der Waals surface area (Å²) in [5, 5.41) is 0. The number of amidine groups is 1. The Kier molecular flexibility index (Phi) is 5.98. The van der Waals surface area contributed by atoms with Crippen LogP contribution in [-0.2, 0) is 16.0 Å². The number of terminal acetylenes is 1. The van der Waals surface area contributed by atoms with Gasteiger partial charge in [0.15, 0.2) is 11.5 Å². The third-order valence-corrected chi connectivity index (χ3v) is 4.82. The highest BCUT2D eigenvalue weighted by Crippen LogP contribution is 2.40. The third kappa shape index (κ3) is 4.01. The molecule has 2 heterocycles. The van der Waals surface area contributed by atoms with E-state index in [-0.39, 0.29) is 0 Å². The summed E-state index contributed by atoms with van der Waals surface area (Å²) in [7, 11) is 3.27. The first-order valence-electron chi connectivity index (χ1n) is 9.64. The number of aliphatic imine (C=N–C) groups is 2. The van der Waals surface area contributed by atoms with Gasteiger partial charge in [-0.05, 0) is 23.8 Å². The average Bonchev–Trinajstić information content (AvgIpc) is 2.78. The molecule has 2 aromatic rings. The Morgan fingerprint density at radius 2 is 1.70 bits per heavy atom. The van der Waals surface area contributed by atoms with Crippen LogP contribution in [-0.4, -0.2) is 57.7 Å². The van der Waals surface area contributed by atoms with Crippen LogP contribution in [0.3, 0.4) is 0 Å². The minimum atomic E-state index is 0.406. The molecule has 30 heavy (non-hydrogen) atoms. The number of hydrogen-bond acceptors (Lipinski definition) is 7. The van der Waals surface area contributed by atoms with Crippen LogP contribution in [0.25, 0.3) is 0 Å². The van der Waals surface area contributed by atoms with Crippen molar-refractivity contribution >= 4 is 23.5 Å². The predicted octanol–water partition coefficient (Wildman–Crippen LogP) is 3.29. The Balaban J connectivity index is 1.73. The molecule has 4 rings (SSSR count). The van der Waals surface area contributed by atoms with E-state index in [1.54, 1.807) is 20.6 Å². The Hall–Kier alpha value is -3.34. The summed E-state index contributed by atoms with van der Waals surface area (Å²) in [6.45, 7) is 2.45. The van der Waals surface area contributed by atoms with Crippen LogP contribution >= 0.6 is 0 Å². The molecule has 0 aliphatic carbocycles. The lowest BCUT2D eigenvalue weighted by atomic mass is 10.0. The highest BCUT2D eigenvalue weighted by molar-refractivity contribution is 6.12. The first kappa shape index (κ1) is 20.0. The number of hydrogen-bond donors (Lipinski definition) is 0. The lowest BCUT2D eigenvalue weighted by Gasteiger charge is -2.31. The lowest BCUT2D eigenvalue weighted by Crippen LogP contribution is -2.34. The van der Waals surface area contributed by atoms with Crippen LogP contribution in [0, 0.1) is 12.3 Å². The van der Waals surface area contributed by atoms with Crippen molar-refractivity contribution in [1.29, 1.82) is 0 Å². The Morgan fingerprint density at radius 3 is 2.40 bits per heavy atom. The standard InChI is InChI=1S/C23H23N3O4/c1-4-16-5-6-17-14-26-15-24-20-13-22(30-10-8-28-3)21(29-9-7-27-2)12-18(20)23(26)25-19(17)11-16/h1,5-6,11-13,15H,7-10,14H2,2-3H3. The fraction of sp³-hybridized carbons (Fsp3) is 0.304. The zero-order chi connectivity index (χ0) is 20.9. The zero-order valence-electron chi connectivity index (χ0n) is 17.1. The Labute approximate surface area is 175 Å². The summed E-state index contributed by atoms with van der Waals surface area (Å²) in [4.78, 5) is 11.5. The van der Waals surface area contributed by atoms with Gasteiger partial charge in [0.2, 0.25) is 0 Å². The van der Waals surface area contributed by atoms with Crippen LogP contribution in [0.4, 0.5) is 11.4 Å². The summed E-state index contributed by atoms with van der Waals surface area (Å²) >= 11 is 0. The van der Waals surface area contributed by atoms with E-state index in [1.807, 2.05) is 35.2 Å². The summed E-state index contributed by atoms with van der Waals surface area (Å²) in [5.74, 6) is 4.70. The maximum atomic E-state index is 5.92. The molecule has 0 saturated heterocycles. The molecule has 0 N–H and O–H groups in total. The van der Waals surface area contributed by atoms with Crippen LogP contribution in [0.5, 0.6) is 11.5 Å². The number of fused-ring (bicyclic) bond motifs is 4. The van der Waals surface area contributed by atoms with Crippen molar-refractivity contribution < 1.29 is 18.9 Å². The topological polar surface area (TPSA) is 64.9 Å². The van der Waals surface area contributed by atoms with Crippen molar-refractivity contribution in [2.24, 2.45) is 9.98 Å². The molecule has 0 atom stereocenters. The number of nitrogens with zero attached hydrogens (tertiary/aromatic N) is 3. The summed E-state index contributed by atoms with van der Waals surface area (Å²) < 4.78 is 22.0. The molecule has 2 aliphatic rings. The predicted molar refractivity (Wildman–Crippen MR) is 115 cm³/mol. The summed E-state index contributed by atoms with van der Waals surface area (Å²) in [5.41, 5.74) is 4.43. The van der Waals surface area contributed by atoms with Crippen molar-refractivity contribution in [3.05, 3.63) is 47.0 Å². The minimum absolute atomic E-state index is 0.406.